The summed E-state index contributed by atoms with van der Waals surface area (Å²) < 4.78 is 13.9. The van der Waals surface area contributed by atoms with E-state index in [0.717, 1.165) is 24.2 Å². The number of hydrogen-bond acceptors (Lipinski definition) is 2. The zero-order valence-corrected chi connectivity index (χ0v) is 13.1. The van der Waals surface area contributed by atoms with Crippen molar-refractivity contribution in [2.75, 3.05) is 13.1 Å². The average molecular weight is 313 g/mol. The van der Waals surface area contributed by atoms with Gasteiger partial charge in [-0.25, -0.2) is 9.18 Å². The van der Waals surface area contributed by atoms with E-state index in [1.54, 1.807) is 12.1 Å². The molecule has 1 fully saturated rings. The molecule has 0 spiro atoms. The SMILES string of the molecule is C[C@@H](c1cccc(-c2cccc(F)c2C(=O)O)c1)N1CCCC1. The Morgan fingerprint density at radius 1 is 1.17 bits per heavy atom. The first kappa shape index (κ1) is 15.7. The molecule has 0 radical (unpaired) electrons. The summed E-state index contributed by atoms with van der Waals surface area (Å²) in [4.78, 5) is 13.8. The molecule has 1 atom stereocenters. The lowest BCUT2D eigenvalue weighted by Crippen LogP contribution is -2.23. The van der Waals surface area contributed by atoms with Crippen molar-refractivity contribution in [2.24, 2.45) is 0 Å². The minimum absolute atomic E-state index is 0.265. The van der Waals surface area contributed by atoms with Crippen molar-refractivity contribution < 1.29 is 14.3 Å². The Kier molecular flexibility index (Phi) is 4.44. The molecule has 0 unspecified atom stereocenters. The number of carboxylic acid groups (broad SMARTS) is 1. The van der Waals surface area contributed by atoms with Crippen LogP contribution in [-0.4, -0.2) is 29.1 Å². The number of benzene rings is 2. The smallest absolute Gasteiger partial charge is 0.339 e. The van der Waals surface area contributed by atoms with Gasteiger partial charge in [-0.1, -0.05) is 30.3 Å². The fraction of sp³-hybridized carbons (Fsp3) is 0.316. The first-order valence-electron chi connectivity index (χ1n) is 7.94. The summed E-state index contributed by atoms with van der Waals surface area (Å²) >= 11 is 0. The van der Waals surface area contributed by atoms with E-state index in [4.69, 9.17) is 0 Å². The van der Waals surface area contributed by atoms with Gasteiger partial charge in [0.1, 0.15) is 11.4 Å². The molecule has 4 heteroatoms. The average Bonchev–Trinajstić information content (AvgIpc) is 3.08. The van der Waals surface area contributed by atoms with Gasteiger partial charge >= 0.3 is 5.97 Å². The molecule has 0 amide bonds. The summed E-state index contributed by atoms with van der Waals surface area (Å²) in [5.41, 5.74) is 2.03. The highest BCUT2D eigenvalue weighted by Gasteiger charge is 2.21. The van der Waals surface area contributed by atoms with Crippen LogP contribution in [0.5, 0.6) is 0 Å². The molecule has 1 aliphatic rings. The first-order chi connectivity index (χ1) is 11.1. The second-order valence-corrected chi connectivity index (χ2v) is 6.01. The third-order valence-electron chi connectivity index (χ3n) is 4.60. The molecule has 2 aromatic carbocycles. The van der Waals surface area contributed by atoms with Crippen LogP contribution in [0.15, 0.2) is 42.5 Å². The fourth-order valence-corrected chi connectivity index (χ4v) is 3.29. The van der Waals surface area contributed by atoms with Gasteiger partial charge in [-0.2, -0.15) is 0 Å². The zero-order chi connectivity index (χ0) is 16.4. The van der Waals surface area contributed by atoms with E-state index in [1.807, 2.05) is 24.3 Å². The van der Waals surface area contributed by atoms with Crippen LogP contribution in [-0.2, 0) is 0 Å². The number of nitrogens with zero attached hydrogens (tertiary/aromatic N) is 1. The minimum atomic E-state index is -1.24. The lowest BCUT2D eigenvalue weighted by Gasteiger charge is -2.24. The summed E-state index contributed by atoms with van der Waals surface area (Å²) in [6.45, 7) is 4.34. The first-order valence-corrected chi connectivity index (χ1v) is 7.94. The van der Waals surface area contributed by atoms with E-state index >= 15 is 0 Å². The van der Waals surface area contributed by atoms with E-state index in [1.165, 1.54) is 18.9 Å². The summed E-state index contributed by atoms with van der Waals surface area (Å²) in [5, 5.41) is 9.31. The molecule has 1 heterocycles. The third kappa shape index (κ3) is 3.13. The van der Waals surface area contributed by atoms with Gasteiger partial charge in [-0.15, -0.1) is 0 Å². The highest BCUT2D eigenvalue weighted by molar-refractivity contribution is 5.96. The van der Waals surface area contributed by atoms with Gasteiger partial charge < -0.3 is 5.11 Å². The molecular formula is C19H20FNO2. The predicted octanol–water partition coefficient (Wildman–Crippen LogP) is 4.35. The van der Waals surface area contributed by atoms with Crippen LogP contribution in [0.25, 0.3) is 11.1 Å². The van der Waals surface area contributed by atoms with E-state index in [9.17, 15) is 14.3 Å². The Labute approximate surface area is 135 Å². The zero-order valence-electron chi connectivity index (χ0n) is 13.1. The minimum Gasteiger partial charge on any atom is -0.478 e. The summed E-state index contributed by atoms with van der Waals surface area (Å²) in [6, 6.07) is 12.4. The number of aromatic carboxylic acids is 1. The topological polar surface area (TPSA) is 40.5 Å². The summed E-state index contributed by atoms with van der Waals surface area (Å²) in [7, 11) is 0. The number of carboxylic acids is 1. The molecule has 120 valence electrons. The highest BCUT2D eigenvalue weighted by Crippen LogP contribution is 2.30. The van der Waals surface area contributed by atoms with Crippen molar-refractivity contribution in [2.45, 2.75) is 25.8 Å². The van der Waals surface area contributed by atoms with Crippen LogP contribution in [0.4, 0.5) is 4.39 Å². The van der Waals surface area contributed by atoms with Crippen LogP contribution in [0, 0.1) is 5.82 Å². The predicted molar refractivity (Wildman–Crippen MR) is 88.0 cm³/mol. The number of hydrogen-bond donors (Lipinski definition) is 1. The van der Waals surface area contributed by atoms with Crippen LogP contribution >= 0.6 is 0 Å². The number of carbonyl (C=O) groups is 1. The van der Waals surface area contributed by atoms with Gasteiger partial charge in [0, 0.05) is 6.04 Å². The largest absolute Gasteiger partial charge is 0.478 e. The molecule has 1 N–H and O–H groups in total. The molecule has 3 rings (SSSR count). The van der Waals surface area contributed by atoms with E-state index in [-0.39, 0.29) is 11.6 Å². The normalized spacial score (nSPS) is 16.4. The standard InChI is InChI=1S/C19H20FNO2/c1-13(21-10-2-3-11-21)14-6-4-7-15(12-14)16-8-5-9-17(20)18(16)19(22)23/h4-9,12-13H,2-3,10-11H2,1H3,(H,22,23)/t13-/m0/s1. The van der Waals surface area contributed by atoms with E-state index in [0.29, 0.717) is 5.56 Å². The Hall–Kier alpha value is -2.20. The quantitative estimate of drug-likeness (QED) is 0.912. The molecule has 3 nitrogen and oxygen atoms in total. The van der Waals surface area contributed by atoms with Gasteiger partial charge in [-0.05, 0) is 61.7 Å². The van der Waals surface area contributed by atoms with Crippen molar-refractivity contribution in [3.8, 4) is 11.1 Å². The van der Waals surface area contributed by atoms with Crippen molar-refractivity contribution in [1.82, 2.24) is 4.90 Å². The van der Waals surface area contributed by atoms with Crippen molar-refractivity contribution >= 4 is 5.97 Å². The Morgan fingerprint density at radius 3 is 2.57 bits per heavy atom. The van der Waals surface area contributed by atoms with Gasteiger partial charge in [0.2, 0.25) is 0 Å². The maximum Gasteiger partial charge on any atom is 0.339 e. The molecule has 0 saturated carbocycles. The number of likely N-dealkylation sites (tertiary alicyclic amines) is 1. The highest BCUT2D eigenvalue weighted by atomic mass is 19.1. The lowest BCUT2D eigenvalue weighted by atomic mass is 9.96. The van der Waals surface area contributed by atoms with Crippen LogP contribution in [0.1, 0.15) is 41.7 Å². The molecule has 2 aromatic rings. The second-order valence-electron chi connectivity index (χ2n) is 6.01. The van der Waals surface area contributed by atoms with Crippen LogP contribution in [0.2, 0.25) is 0 Å². The van der Waals surface area contributed by atoms with Gasteiger partial charge in [0.05, 0.1) is 0 Å². The third-order valence-corrected chi connectivity index (χ3v) is 4.60. The molecule has 0 aromatic heterocycles. The van der Waals surface area contributed by atoms with E-state index in [2.05, 4.69) is 11.8 Å². The maximum atomic E-state index is 13.9. The monoisotopic (exact) mass is 313 g/mol. The van der Waals surface area contributed by atoms with Crippen molar-refractivity contribution in [1.29, 1.82) is 0 Å². The van der Waals surface area contributed by atoms with Gasteiger partial charge in [-0.3, -0.25) is 4.90 Å². The van der Waals surface area contributed by atoms with Crippen molar-refractivity contribution in [3.05, 3.63) is 59.4 Å². The van der Waals surface area contributed by atoms with Crippen LogP contribution < -0.4 is 0 Å². The molecule has 0 aliphatic carbocycles. The Bertz CT molecular complexity index is 723. The Morgan fingerprint density at radius 2 is 1.87 bits per heavy atom. The molecule has 23 heavy (non-hydrogen) atoms. The van der Waals surface area contributed by atoms with E-state index < -0.39 is 11.8 Å². The summed E-state index contributed by atoms with van der Waals surface area (Å²) in [5.74, 6) is -1.94. The van der Waals surface area contributed by atoms with Crippen LogP contribution in [0.3, 0.4) is 0 Å². The maximum absolute atomic E-state index is 13.9. The molecule has 1 aliphatic heterocycles. The second kappa shape index (κ2) is 6.50. The van der Waals surface area contributed by atoms with Crippen molar-refractivity contribution in [3.63, 3.8) is 0 Å². The number of halogens is 1. The van der Waals surface area contributed by atoms with Gasteiger partial charge in [0.25, 0.3) is 0 Å². The van der Waals surface area contributed by atoms with Gasteiger partial charge in [0.15, 0.2) is 0 Å². The Balaban J connectivity index is 2.00. The molecule has 0 bridgehead atoms. The molecular weight excluding hydrogens is 293 g/mol. The lowest BCUT2D eigenvalue weighted by molar-refractivity contribution is 0.0693. The fourth-order valence-electron chi connectivity index (χ4n) is 3.29. The molecule has 1 saturated heterocycles. The number of rotatable bonds is 4. The summed E-state index contributed by atoms with van der Waals surface area (Å²) in [6.07, 6.45) is 2.44.